The van der Waals surface area contributed by atoms with Gasteiger partial charge in [-0.25, -0.2) is 15.0 Å². The Kier molecular flexibility index (Phi) is 6.58. The smallest absolute Gasteiger partial charge is 0.228 e. The third-order valence-corrected chi connectivity index (χ3v) is 9.48. The van der Waals surface area contributed by atoms with Crippen LogP contribution in [-0.4, -0.2) is 40.0 Å². The summed E-state index contributed by atoms with van der Waals surface area (Å²) in [7, 11) is 0. The molecule has 1 aliphatic heterocycles. The summed E-state index contributed by atoms with van der Waals surface area (Å²) in [6, 6.07) is 16.1. The van der Waals surface area contributed by atoms with Crippen LogP contribution in [0.5, 0.6) is 11.6 Å². The van der Waals surface area contributed by atoms with Gasteiger partial charge in [0, 0.05) is 47.4 Å². The number of carbonyl (C=O) groups excluding carboxylic acids is 1. The number of amides is 1. The molecule has 2 aromatic carbocycles. The van der Waals surface area contributed by atoms with Gasteiger partial charge in [0.05, 0.1) is 11.3 Å². The minimum Gasteiger partial charge on any atom is -0.437 e. The van der Waals surface area contributed by atoms with Gasteiger partial charge in [-0.1, -0.05) is 37.6 Å². The number of aryl methyl sites for hydroxylation is 1. The Balaban J connectivity index is 1.17. The van der Waals surface area contributed by atoms with Crippen LogP contribution in [0, 0.1) is 24.2 Å². The molecule has 0 radical (unpaired) electrons. The molecule has 3 N–H and O–H groups in total. The number of carbonyl (C=O) groups is 1. The Morgan fingerprint density at radius 3 is 2.71 bits per heavy atom. The number of fused-ring (bicyclic) bond motifs is 1. The normalized spacial score (nSPS) is 22.6. The minimum absolute atomic E-state index is 0.116. The van der Waals surface area contributed by atoms with Crippen LogP contribution in [-0.2, 0) is 4.79 Å². The molecular weight excluding hydrogens is 512 g/mol. The molecule has 0 bridgehead atoms. The molecule has 1 amide bonds. The van der Waals surface area contributed by atoms with E-state index in [1.54, 1.807) is 12.4 Å². The number of benzene rings is 2. The number of piperidine rings is 1. The van der Waals surface area contributed by atoms with E-state index < -0.39 is 0 Å². The van der Waals surface area contributed by atoms with Crippen LogP contribution in [0.1, 0.15) is 44.6 Å². The van der Waals surface area contributed by atoms with E-state index in [0.29, 0.717) is 23.8 Å². The van der Waals surface area contributed by atoms with Gasteiger partial charge in [-0.3, -0.25) is 4.79 Å². The van der Waals surface area contributed by atoms with Crippen LogP contribution in [0.25, 0.3) is 22.0 Å². The van der Waals surface area contributed by atoms with Crippen molar-refractivity contribution in [3.05, 3.63) is 66.5 Å². The van der Waals surface area contributed by atoms with Gasteiger partial charge in [0.15, 0.2) is 0 Å². The third-order valence-electron chi connectivity index (χ3n) is 9.48. The van der Waals surface area contributed by atoms with E-state index in [-0.39, 0.29) is 17.2 Å². The summed E-state index contributed by atoms with van der Waals surface area (Å²) in [6.45, 7) is 6.20. The second kappa shape index (κ2) is 10.4. The van der Waals surface area contributed by atoms with Crippen LogP contribution in [0.15, 0.2) is 60.9 Å². The number of nitrogens with zero attached hydrogens (tertiary/aromatic N) is 3. The Morgan fingerprint density at radius 1 is 1.02 bits per heavy atom. The van der Waals surface area contributed by atoms with Gasteiger partial charge in [0.2, 0.25) is 17.7 Å². The van der Waals surface area contributed by atoms with Gasteiger partial charge in [-0.05, 0) is 80.3 Å². The lowest BCUT2D eigenvalue weighted by atomic mass is 9.78. The summed E-state index contributed by atoms with van der Waals surface area (Å²) in [5.74, 6) is 2.50. The lowest BCUT2D eigenvalue weighted by Crippen LogP contribution is -2.38. The first-order valence-corrected chi connectivity index (χ1v) is 14.8. The van der Waals surface area contributed by atoms with E-state index in [1.807, 2.05) is 49.4 Å². The van der Waals surface area contributed by atoms with Crippen molar-refractivity contribution in [1.82, 2.24) is 20.3 Å². The van der Waals surface area contributed by atoms with Gasteiger partial charge >= 0.3 is 0 Å². The van der Waals surface area contributed by atoms with Crippen molar-refractivity contribution in [2.45, 2.75) is 52.0 Å². The Hall–Kier alpha value is -4.04. The van der Waals surface area contributed by atoms with E-state index in [2.05, 4.69) is 38.9 Å². The molecule has 8 nitrogen and oxygen atoms in total. The molecule has 3 atom stereocenters. The first kappa shape index (κ1) is 25.9. The predicted octanol–water partition coefficient (Wildman–Crippen LogP) is 6.33. The summed E-state index contributed by atoms with van der Waals surface area (Å²) >= 11 is 0. The van der Waals surface area contributed by atoms with Crippen LogP contribution >= 0.6 is 0 Å². The molecule has 3 heterocycles. The summed E-state index contributed by atoms with van der Waals surface area (Å²) in [6.07, 6.45) is 9.30. The van der Waals surface area contributed by atoms with E-state index in [9.17, 15) is 4.79 Å². The fraction of sp³-hybridized carbons (Fsp3) is 0.394. The molecule has 41 heavy (non-hydrogen) atoms. The second-order valence-electron chi connectivity index (χ2n) is 11.9. The van der Waals surface area contributed by atoms with Crippen LogP contribution in [0.2, 0.25) is 0 Å². The largest absolute Gasteiger partial charge is 0.437 e. The molecule has 8 heteroatoms. The summed E-state index contributed by atoms with van der Waals surface area (Å²) in [5, 5.41) is 12.0. The third kappa shape index (κ3) is 4.70. The Morgan fingerprint density at radius 2 is 1.93 bits per heavy atom. The number of anilines is 2. The molecule has 2 unspecified atom stereocenters. The van der Waals surface area contributed by atoms with Crippen LogP contribution < -0.4 is 20.7 Å². The van der Waals surface area contributed by atoms with Gasteiger partial charge < -0.3 is 20.7 Å². The molecule has 2 aliphatic carbocycles. The zero-order valence-corrected chi connectivity index (χ0v) is 23.6. The highest BCUT2D eigenvalue weighted by Crippen LogP contribution is 2.70. The van der Waals surface area contributed by atoms with Crippen molar-refractivity contribution in [3.8, 4) is 22.9 Å². The predicted molar refractivity (Wildman–Crippen MR) is 161 cm³/mol. The van der Waals surface area contributed by atoms with Crippen molar-refractivity contribution >= 4 is 28.3 Å². The molecule has 4 aromatic rings. The average Bonchev–Trinajstić information content (AvgIpc) is 3.62. The van der Waals surface area contributed by atoms with E-state index >= 15 is 0 Å². The van der Waals surface area contributed by atoms with Gasteiger partial charge in [-0.2, -0.15) is 0 Å². The van der Waals surface area contributed by atoms with Gasteiger partial charge in [-0.15, -0.1) is 0 Å². The average molecular weight is 549 g/mol. The topological polar surface area (TPSA) is 101 Å². The second-order valence-corrected chi connectivity index (χ2v) is 11.9. The monoisotopic (exact) mass is 548 g/mol. The summed E-state index contributed by atoms with van der Waals surface area (Å²) in [5.41, 5.74) is 3.57. The molecule has 1 saturated heterocycles. The van der Waals surface area contributed by atoms with Crippen molar-refractivity contribution in [3.63, 3.8) is 0 Å². The number of aromatic nitrogens is 3. The van der Waals surface area contributed by atoms with Gasteiger partial charge in [0.1, 0.15) is 5.75 Å². The van der Waals surface area contributed by atoms with Crippen molar-refractivity contribution in [2.24, 2.45) is 17.3 Å². The molecule has 2 saturated carbocycles. The minimum atomic E-state index is 0.116. The molecule has 3 aliphatic rings. The summed E-state index contributed by atoms with van der Waals surface area (Å²) < 4.78 is 6.58. The zero-order chi connectivity index (χ0) is 28.0. The Labute approximate surface area is 240 Å². The number of nitrogens with one attached hydrogen (secondary N) is 3. The lowest BCUT2D eigenvalue weighted by molar-refractivity contribution is -0.118. The number of ether oxygens (including phenoxy) is 1. The Bertz CT molecular complexity index is 1610. The molecule has 7 rings (SSSR count). The van der Waals surface area contributed by atoms with Crippen molar-refractivity contribution in [1.29, 1.82) is 0 Å². The maximum absolute atomic E-state index is 13.3. The first-order chi connectivity index (χ1) is 20.0. The van der Waals surface area contributed by atoms with Crippen LogP contribution in [0.3, 0.4) is 0 Å². The maximum atomic E-state index is 13.3. The van der Waals surface area contributed by atoms with E-state index in [0.717, 1.165) is 65.0 Å². The number of rotatable bonds is 7. The van der Waals surface area contributed by atoms with E-state index in [4.69, 9.17) is 9.72 Å². The standard InChI is InChI=1S/C33H36N6O2/c1-20-11-12-23-24(8-3-10-26(23)38-30(40)28-21(2)33(28)14-6-15-33)29(20)41-31-25(9-5-17-35-31)27-13-18-36-32(39-27)37-22-7-4-16-34-19-22/h3,5,8-13,17-18,21-22,28,34H,4,6-7,14-16,19H2,1-2H3,(H,38,40)(H,36,37,39)/t21?,22-,28?/m0/s1. The molecular formula is C33H36N6O2. The number of pyridine rings is 1. The molecule has 3 fully saturated rings. The quantitative estimate of drug-likeness (QED) is 0.248. The highest BCUT2D eigenvalue weighted by molar-refractivity contribution is 6.06. The SMILES string of the molecule is Cc1ccc2c(NC(=O)C3C(C)C34CCC4)cccc2c1Oc1ncccc1-c1ccnc(N[C@H]2CCCNC2)n1. The van der Waals surface area contributed by atoms with Crippen molar-refractivity contribution < 1.29 is 9.53 Å². The highest BCUT2D eigenvalue weighted by atomic mass is 16.5. The maximum Gasteiger partial charge on any atom is 0.228 e. The summed E-state index contributed by atoms with van der Waals surface area (Å²) in [4.78, 5) is 27.1. The fourth-order valence-corrected chi connectivity index (χ4v) is 6.93. The first-order valence-electron chi connectivity index (χ1n) is 14.8. The zero-order valence-electron chi connectivity index (χ0n) is 23.6. The van der Waals surface area contributed by atoms with Gasteiger partial charge in [0.25, 0.3) is 0 Å². The molecule has 210 valence electrons. The molecule has 2 aromatic heterocycles. The lowest BCUT2D eigenvalue weighted by Gasteiger charge is -2.27. The highest BCUT2D eigenvalue weighted by Gasteiger charge is 2.67. The number of hydrogen-bond donors (Lipinski definition) is 3. The fourth-order valence-electron chi connectivity index (χ4n) is 6.93. The molecule has 1 spiro atoms. The number of hydrogen-bond acceptors (Lipinski definition) is 7. The van der Waals surface area contributed by atoms with Crippen molar-refractivity contribution in [2.75, 3.05) is 23.7 Å². The van der Waals surface area contributed by atoms with E-state index in [1.165, 1.54) is 19.3 Å². The van der Waals surface area contributed by atoms with Crippen LogP contribution in [0.4, 0.5) is 11.6 Å².